The first-order valence-electron chi connectivity index (χ1n) is 11.0. The van der Waals surface area contributed by atoms with Gasteiger partial charge in [0.15, 0.2) is 11.5 Å². The summed E-state index contributed by atoms with van der Waals surface area (Å²) in [4.78, 5) is 24.3. The number of methoxy groups -OCH3 is 2. The van der Waals surface area contributed by atoms with Crippen LogP contribution in [0.2, 0.25) is 0 Å². The normalized spacial score (nSPS) is 18.0. The number of benzene rings is 1. The molecule has 0 saturated heterocycles. The van der Waals surface area contributed by atoms with Crippen molar-refractivity contribution in [1.29, 1.82) is 0 Å². The van der Waals surface area contributed by atoms with Gasteiger partial charge in [0.05, 0.1) is 20.8 Å². The monoisotopic (exact) mass is 441 g/mol. The smallest absolute Gasteiger partial charge is 0.259 e. The van der Waals surface area contributed by atoms with Gasteiger partial charge in [0.2, 0.25) is 0 Å². The lowest BCUT2D eigenvalue weighted by atomic mass is 9.80. The number of hydrogen-bond donors (Lipinski definition) is 2. The van der Waals surface area contributed by atoms with Gasteiger partial charge in [0, 0.05) is 17.7 Å². The van der Waals surface area contributed by atoms with Gasteiger partial charge in [-0.3, -0.25) is 9.59 Å². The molecule has 0 heterocycles. The zero-order chi connectivity index (χ0) is 23.5. The number of carbonyl (C=O) groups is 2. The molecular weight excluding hydrogens is 406 g/mol. The molecule has 174 valence electrons. The van der Waals surface area contributed by atoms with Crippen molar-refractivity contribution < 1.29 is 19.1 Å². The van der Waals surface area contributed by atoms with Gasteiger partial charge in [-0.05, 0) is 63.6 Å². The largest absolute Gasteiger partial charge is 0.493 e. The van der Waals surface area contributed by atoms with Crippen LogP contribution in [0.1, 0.15) is 56.8 Å². The number of hydrogen-bond acceptors (Lipinski definition) is 5. The molecule has 1 aromatic rings. The molecule has 0 saturated carbocycles. The Morgan fingerprint density at radius 1 is 1.19 bits per heavy atom. The molecule has 0 unspecified atom stereocenters. The van der Waals surface area contributed by atoms with Crippen molar-refractivity contribution in [3.63, 3.8) is 0 Å². The van der Waals surface area contributed by atoms with E-state index in [0.717, 1.165) is 25.7 Å². The molecule has 0 spiro atoms. The highest BCUT2D eigenvalue weighted by molar-refractivity contribution is 5.97. The van der Waals surface area contributed by atoms with Gasteiger partial charge in [-0.15, -0.1) is 0 Å². The van der Waals surface area contributed by atoms with Crippen LogP contribution in [0, 0.1) is 11.8 Å². The van der Waals surface area contributed by atoms with Crippen molar-refractivity contribution in [3.05, 3.63) is 47.1 Å². The molecule has 1 aromatic carbocycles. The highest BCUT2D eigenvalue weighted by Gasteiger charge is 2.20. The lowest BCUT2D eigenvalue weighted by molar-refractivity contribution is -0.120. The molecule has 1 aliphatic carbocycles. The maximum Gasteiger partial charge on any atom is 0.259 e. The highest BCUT2D eigenvalue weighted by Crippen LogP contribution is 2.30. The Morgan fingerprint density at radius 3 is 2.59 bits per heavy atom. The van der Waals surface area contributed by atoms with Crippen LogP contribution in [-0.4, -0.2) is 38.8 Å². The minimum absolute atomic E-state index is 0.168. The first-order valence-corrected chi connectivity index (χ1v) is 11.0. The lowest BCUT2D eigenvalue weighted by Gasteiger charge is -2.25. The number of carbonyl (C=O) groups excluding carboxylic acids is 2. The Kier molecular flexibility index (Phi) is 9.98. The summed E-state index contributed by atoms with van der Waals surface area (Å²) in [7, 11) is 3.02. The van der Waals surface area contributed by atoms with Gasteiger partial charge in [-0.2, -0.15) is 5.10 Å². The van der Waals surface area contributed by atoms with Crippen LogP contribution in [0.4, 0.5) is 0 Å². The first kappa shape index (κ1) is 25.2. The zero-order valence-electron chi connectivity index (χ0n) is 19.7. The molecule has 2 amide bonds. The van der Waals surface area contributed by atoms with Gasteiger partial charge in [0.1, 0.15) is 0 Å². The summed E-state index contributed by atoms with van der Waals surface area (Å²) in [5.41, 5.74) is 5.73. The maximum atomic E-state index is 12.3. The van der Waals surface area contributed by atoms with Gasteiger partial charge >= 0.3 is 0 Å². The third kappa shape index (κ3) is 7.87. The Balaban J connectivity index is 1.77. The van der Waals surface area contributed by atoms with E-state index in [-0.39, 0.29) is 18.4 Å². The second-order valence-corrected chi connectivity index (χ2v) is 8.33. The Hall–Kier alpha value is -3.09. The number of nitrogens with one attached hydrogen (secondary N) is 2. The van der Waals surface area contributed by atoms with Crippen LogP contribution in [-0.2, 0) is 4.79 Å². The fourth-order valence-corrected chi connectivity index (χ4v) is 3.63. The molecule has 2 N–H and O–H groups in total. The number of allylic oxidation sites excluding steroid dienone is 4. The predicted octanol–water partition coefficient (Wildman–Crippen LogP) is 4.25. The molecule has 7 nitrogen and oxygen atoms in total. The number of rotatable bonds is 10. The van der Waals surface area contributed by atoms with Crippen LogP contribution in [0.15, 0.2) is 46.6 Å². The molecule has 0 aliphatic heterocycles. The minimum atomic E-state index is -0.378. The van der Waals surface area contributed by atoms with E-state index in [1.165, 1.54) is 25.4 Å². The van der Waals surface area contributed by atoms with E-state index < -0.39 is 0 Å². The van der Waals surface area contributed by atoms with Gasteiger partial charge in [0.25, 0.3) is 11.8 Å². The van der Waals surface area contributed by atoms with Crippen molar-refractivity contribution in [2.75, 3.05) is 20.8 Å². The summed E-state index contributed by atoms with van der Waals surface area (Å²) in [6, 6.07) is 4.82. The Labute approximate surface area is 190 Å². The SMILES string of the molecule is COc1ccc(C(=O)NCC(=O)N/N=C/[C@@H]2CC=C(CCC=C(C)C)C[C@@H]2C)cc1OC. The zero-order valence-corrected chi connectivity index (χ0v) is 19.7. The van der Waals surface area contributed by atoms with Gasteiger partial charge < -0.3 is 14.8 Å². The first-order chi connectivity index (χ1) is 15.3. The quantitative estimate of drug-likeness (QED) is 0.323. The molecule has 2 rings (SSSR count). The summed E-state index contributed by atoms with van der Waals surface area (Å²) < 4.78 is 10.4. The van der Waals surface area contributed by atoms with E-state index in [4.69, 9.17) is 9.47 Å². The fourth-order valence-electron chi connectivity index (χ4n) is 3.63. The van der Waals surface area contributed by atoms with Crippen LogP contribution >= 0.6 is 0 Å². The third-order valence-corrected chi connectivity index (χ3v) is 5.52. The number of nitrogens with zero attached hydrogens (tertiary/aromatic N) is 1. The van der Waals surface area contributed by atoms with Crippen molar-refractivity contribution in [2.45, 2.75) is 46.5 Å². The second-order valence-electron chi connectivity index (χ2n) is 8.33. The number of amides is 2. The van der Waals surface area contributed by atoms with E-state index >= 15 is 0 Å². The molecule has 7 heteroatoms. The Morgan fingerprint density at radius 2 is 1.94 bits per heavy atom. The standard InChI is InChI=1S/C25H35N3O4/c1-17(2)7-6-8-19-9-10-21(18(3)13-19)15-27-28-24(29)16-26-25(30)20-11-12-22(31-4)23(14-20)32-5/h7,9,11-12,14-15,18,21H,6,8,10,13,16H2,1-5H3,(H,26,30)(H,28,29)/b27-15+/t18-,21-/m0/s1. The lowest BCUT2D eigenvalue weighted by Crippen LogP contribution is -2.35. The molecule has 2 atom stereocenters. The Bertz CT molecular complexity index is 885. The highest BCUT2D eigenvalue weighted by atomic mass is 16.5. The maximum absolute atomic E-state index is 12.3. The van der Waals surface area contributed by atoms with Crippen molar-refractivity contribution in [3.8, 4) is 11.5 Å². The van der Waals surface area contributed by atoms with Crippen LogP contribution < -0.4 is 20.2 Å². The second kappa shape index (κ2) is 12.7. The molecule has 1 aliphatic rings. The van der Waals surface area contributed by atoms with E-state index in [1.54, 1.807) is 18.2 Å². The molecular formula is C25H35N3O4. The van der Waals surface area contributed by atoms with E-state index in [9.17, 15) is 9.59 Å². The average Bonchev–Trinajstić information content (AvgIpc) is 2.78. The van der Waals surface area contributed by atoms with Crippen LogP contribution in [0.3, 0.4) is 0 Å². The number of hydrazone groups is 1. The number of ether oxygens (including phenoxy) is 2. The summed E-state index contributed by atoms with van der Waals surface area (Å²) in [6.45, 7) is 6.30. The molecule has 0 bridgehead atoms. The molecule has 0 fully saturated rings. The van der Waals surface area contributed by atoms with E-state index in [0.29, 0.717) is 28.9 Å². The van der Waals surface area contributed by atoms with Crippen molar-refractivity contribution in [2.24, 2.45) is 16.9 Å². The third-order valence-electron chi connectivity index (χ3n) is 5.52. The summed E-state index contributed by atoms with van der Waals surface area (Å²) in [5, 5.41) is 6.69. The summed E-state index contributed by atoms with van der Waals surface area (Å²) >= 11 is 0. The minimum Gasteiger partial charge on any atom is -0.493 e. The van der Waals surface area contributed by atoms with Crippen LogP contribution in [0.25, 0.3) is 0 Å². The molecule has 32 heavy (non-hydrogen) atoms. The van der Waals surface area contributed by atoms with Gasteiger partial charge in [-0.25, -0.2) is 5.43 Å². The molecule has 0 aromatic heterocycles. The summed E-state index contributed by atoms with van der Waals surface area (Å²) in [6.07, 6.45) is 10.6. The molecule has 0 radical (unpaired) electrons. The van der Waals surface area contributed by atoms with Crippen molar-refractivity contribution in [1.82, 2.24) is 10.7 Å². The van der Waals surface area contributed by atoms with Crippen LogP contribution in [0.5, 0.6) is 11.5 Å². The van der Waals surface area contributed by atoms with E-state index in [2.05, 4.69) is 48.8 Å². The van der Waals surface area contributed by atoms with Gasteiger partial charge in [-0.1, -0.05) is 30.2 Å². The summed E-state index contributed by atoms with van der Waals surface area (Å²) in [5.74, 6) is 0.997. The predicted molar refractivity (Wildman–Crippen MR) is 127 cm³/mol. The van der Waals surface area contributed by atoms with Crippen molar-refractivity contribution >= 4 is 18.0 Å². The average molecular weight is 442 g/mol. The topological polar surface area (TPSA) is 89.0 Å². The fraction of sp³-hybridized carbons (Fsp3) is 0.480. The van der Waals surface area contributed by atoms with E-state index in [1.807, 2.05) is 6.21 Å².